The highest BCUT2D eigenvalue weighted by Gasteiger charge is 2.32. The number of hydrogen-bond donors (Lipinski definition) is 2. The fourth-order valence-corrected chi connectivity index (χ4v) is 1.03. The molecule has 1 unspecified atom stereocenters. The Hall–Kier alpha value is -0.480. The minimum atomic E-state index is -2.55. The van der Waals surface area contributed by atoms with Gasteiger partial charge in [0.15, 0.2) is 0 Å². The Morgan fingerprint density at radius 2 is 2.08 bits per heavy atom. The van der Waals surface area contributed by atoms with Crippen LogP contribution in [0.3, 0.4) is 0 Å². The van der Waals surface area contributed by atoms with Gasteiger partial charge < -0.3 is 11.5 Å². The molecule has 12 heavy (non-hydrogen) atoms. The average molecular weight is 178 g/mol. The van der Waals surface area contributed by atoms with Crippen LogP contribution in [0.15, 0.2) is 11.6 Å². The summed E-state index contributed by atoms with van der Waals surface area (Å²) < 4.78 is 24.7. The molecule has 0 amide bonds. The van der Waals surface area contributed by atoms with Crippen molar-refractivity contribution in [1.82, 2.24) is 0 Å². The summed E-state index contributed by atoms with van der Waals surface area (Å²) in [6, 6.07) is 0. The van der Waals surface area contributed by atoms with E-state index in [0.717, 1.165) is 0 Å². The average Bonchev–Trinajstić information content (AvgIpc) is 1.99. The molecule has 0 radical (unpaired) electrons. The van der Waals surface area contributed by atoms with Crippen molar-refractivity contribution in [2.75, 3.05) is 6.54 Å². The molecule has 0 saturated heterocycles. The third kappa shape index (κ3) is 2.53. The highest BCUT2D eigenvalue weighted by atomic mass is 19.3. The number of alkyl halides is 2. The lowest BCUT2D eigenvalue weighted by Gasteiger charge is -2.26. The fourth-order valence-electron chi connectivity index (χ4n) is 1.03. The summed E-state index contributed by atoms with van der Waals surface area (Å²) in [5.41, 5.74) is 9.63. The Bertz CT molecular complexity index is 164. The van der Waals surface area contributed by atoms with Crippen LogP contribution in [0.2, 0.25) is 0 Å². The molecule has 0 spiro atoms. The second-order valence-electron chi connectivity index (χ2n) is 2.90. The van der Waals surface area contributed by atoms with Crippen LogP contribution in [0.4, 0.5) is 8.78 Å². The molecule has 4 N–H and O–H groups in total. The van der Waals surface area contributed by atoms with E-state index in [0.29, 0.717) is 12.0 Å². The highest BCUT2D eigenvalue weighted by molar-refractivity contribution is 5.19. The van der Waals surface area contributed by atoms with E-state index >= 15 is 0 Å². The predicted molar refractivity (Wildman–Crippen MR) is 46.0 cm³/mol. The number of halogens is 2. The van der Waals surface area contributed by atoms with Crippen molar-refractivity contribution in [1.29, 1.82) is 0 Å². The van der Waals surface area contributed by atoms with Gasteiger partial charge in [-0.1, -0.05) is 13.0 Å². The molecule has 2 nitrogen and oxygen atoms in total. The zero-order valence-corrected chi connectivity index (χ0v) is 7.48. The van der Waals surface area contributed by atoms with Gasteiger partial charge in [0.2, 0.25) is 0 Å². The van der Waals surface area contributed by atoms with E-state index in [1.54, 1.807) is 13.0 Å². The van der Waals surface area contributed by atoms with E-state index in [9.17, 15) is 8.78 Å². The quantitative estimate of drug-likeness (QED) is 0.637. The van der Waals surface area contributed by atoms with Gasteiger partial charge in [0.25, 0.3) is 6.43 Å². The van der Waals surface area contributed by atoms with Crippen LogP contribution in [-0.4, -0.2) is 18.5 Å². The zero-order chi connectivity index (χ0) is 9.78. The van der Waals surface area contributed by atoms with Crippen molar-refractivity contribution in [3.8, 4) is 0 Å². The molecule has 0 saturated carbocycles. The number of hydrogen-bond acceptors (Lipinski definition) is 2. The van der Waals surface area contributed by atoms with Crippen molar-refractivity contribution in [3.05, 3.63) is 11.6 Å². The minimum Gasteiger partial charge on any atom is -0.327 e. The van der Waals surface area contributed by atoms with Gasteiger partial charge in [0, 0.05) is 6.54 Å². The van der Waals surface area contributed by atoms with E-state index in [1.807, 2.05) is 0 Å². The first-order valence-corrected chi connectivity index (χ1v) is 3.93. The molecule has 72 valence electrons. The van der Waals surface area contributed by atoms with Gasteiger partial charge >= 0.3 is 0 Å². The first kappa shape index (κ1) is 11.5. The molecule has 0 aliphatic heterocycles. The Morgan fingerprint density at radius 3 is 2.33 bits per heavy atom. The molecular formula is C8H16F2N2. The summed E-state index contributed by atoms with van der Waals surface area (Å²) in [6.45, 7) is 3.36. The van der Waals surface area contributed by atoms with Gasteiger partial charge in [-0.3, -0.25) is 0 Å². The fraction of sp³-hybridized carbons (Fsp3) is 0.750. The molecule has 0 fully saturated rings. The molecule has 1 atom stereocenters. The second kappa shape index (κ2) is 4.52. The van der Waals surface area contributed by atoms with Crippen LogP contribution in [0.1, 0.15) is 20.3 Å². The minimum absolute atomic E-state index is 0.253. The molecule has 0 aromatic heterocycles. The summed E-state index contributed by atoms with van der Waals surface area (Å²) in [5, 5.41) is 0. The van der Waals surface area contributed by atoms with Gasteiger partial charge in [-0.15, -0.1) is 0 Å². The molecule has 0 aliphatic carbocycles. The van der Waals surface area contributed by atoms with Crippen molar-refractivity contribution in [2.45, 2.75) is 32.2 Å². The normalized spacial score (nSPS) is 18.1. The van der Waals surface area contributed by atoms with Crippen molar-refractivity contribution >= 4 is 0 Å². The topological polar surface area (TPSA) is 52.0 Å². The van der Waals surface area contributed by atoms with Crippen molar-refractivity contribution in [3.63, 3.8) is 0 Å². The molecule has 4 heteroatoms. The Balaban J connectivity index is 4.59. The van der Waals surface area contributed by atoms with Crippen LogP contribution in [0, 0.1) is 0 Å². The van der Waals surface area contributed by atoms with Crippen LogP contribution < -0.4 is 11.5 Å². The molecule has 0 aromatic rings. The maximum atomic E-state index is 12.4. The number of nitrogens with two attached hydrogens (primary N) is 2. The molecule has 0 bridgehead atoms. The van der Waals surface area contributed by atoms with E-state index in [2.05, 4.69) is 0 Å². The standard InChI is InChI=1S/C8H16F2N2/c1-3-6(4-5-11)8(2,12)7(9)10/h4,7H,3,5,11-12H2,1-2H3/b6-4+. The smallest absolute Gasteiger partial charge is 0.259 e. The lowest BCUT2D eigenvalue weighted by Crippen LogP contribution is -2.45. The molecule has 0 aliphatic rings. The van der Waals surface area contributed by atoms with Crippen molar-refractivity contribution in [2.24, 2.45) is 11.5 Å². The van der Waals surface area contributed by atoms with E-state index in [1.165, 1.54) is 6.92 Å². The summed E-state index contributed by atoms with van der Waals surface area (Å²) in [6.07, 6.45) is -0.476. The summed E-state index contributed by atoms with van der Waals surface area (Å²) in [5.74, 6) is 0. The SMILES string of the molecule is CC/C(=C\CN)C(C)(N)C(F)F. The first-order valence-electron chi connectivity index (χ1n) is 3.93. The van der Waals surface area contributed by atoms with Gasteiger partial charge in [-0.05, 0) is 18.9 Å². The molecule has 0 rings (SSSR count). The number of rotatable bonds is 4. The van der Waals surface area contributed by atoms with E-state index in [4.69, 9.17) is 11.5 Å². The van der Waals surface area contributed by atoms with Crippen LogP contribution in [0.25, 0.3) is 0 Å². The summed E-state index contributed by atoms with van der Waals surface area (Å²) >= 11 is 0. The monoisotopic (exact) mass is 178 g/mol. The van der Waals surface area contributed by atoms with Crippen LogP contribution in [-0.2, 0) is 0 Å². The van der Waals surface area contributed by atoms with Crippen LogP contribution in [0.5, 0.6) is 0 Å². The Labute approximate surface area is 71.6 Å². The zero-order valence-electron chi connectivity index (χ0n) is 7.48. The summed E-state index contributed by atoms with van der Waals surface area (Å²) in [4.78, 5) is 0. The first-order chi connectivity index (χ1) is 5.46. The molecule has 0 heterocycles. The Kier molecular flexibility index (Phi) is 4.34. The lowest BCUT2D eigenvalue weighted by atomic mass is 9.91. The predicted octanol–water partition coefficient (Wildman–Crippen LogP) is 1.26. The maximum absolute atomic E-state index is 12.4. The largest absolute Gasteiger partial charge is 0.327 e. The van der Waals surface area contributed by atoms with E-state index in [-0.39, 0.29) is 6.54 Å². The molecule has 0 aromatic carbocycles. The molecular weight excluding hydrogens is 162 g/mol. The maximum Gasteiger partial charge on any atom is 0.259 e. The summed E-state index contributed by atoms with van der Waals surface area (Å²) in [7, 11) is 0. The van der Waals surface area contributed by atoms with Gasteiger partial charge in [0.05, 0.1) is 5.54 Å². The van der Waals surface area contributed by atoms with Crippen LogP contribution >= 0.6 is 0 Å². The third-order valence-electron chi connectivity index (χ3n) is 1.89. The van der Waals surface area contributed by atoms with Crippen molar-refractivity contribution < 1.29 is 8.78 Å². The Morgan fingerprint density at radius 1 is 1.58 bits per heavy atom. The second-order valence-corrected chi connectivity index (χ2v) is 2.90. The van der Waals surface area contributed by atoms with Gasteiger partial charge in [-0.2, -0.15) is 0 Å². The van der Waals surface area contributed by atoms with E-state index < -0.39 is 12.0 Å². The van der Waals surface area contributed by atoms with Gasteiger partial charge in [0.1, 0.15) is 0 Å². The van der Waals surface area contributed by atoms with Gasteiger partial charge in [-0.25, -0.2) is 8.78 Å². The third-order valence-corrected chi connectivity index (χ3v) is 1.89. The highest BCUT2D eigenvalue weighted by Crippen LogP contribution is 2.23. The lowest BCUT2D eigenvalue weighted by molar-refractivity contribution is 0.0812.